The van der Waals surface area contributed by atoms with Crippen LogP contribution >= 0.6 is 0 Å². The Kier molecular flexibility index (Phi) is 3.57. The van der Waals surface area contributed by atoms with Crippen molar-refractivity contribution in [2.24, 2.45) is 11.7 Å². The van der Waals surface area contributed by atoms with E-state index in [4.69, 9.17) is 5.73 Å². The third kappa shape index (κ3) is 2.84. The minimum Gasteiger partial charge on any atom is -0.366 e. The summed E-state index contributed by atoms with van der Waals surface area (Å²) in [5.74, 6) is -1.35. The minimum atomic E-state index is -0.855. The maximum atomic E-state index is 13.2. The van der Waals surface area contributed by atoms with Crippen LogP contribution in [0.15, 0.2) is 18.2 Å². The second-order valence-corrected chi connectivity index (χ2v) is 4.34. The van der Waals surface area contributed by atoms with E-state index in [2.05, 4.69) is 10.6 Å². The van der Waals surface area contributed by atoms with Gasteiger partial charge < -0.3 is 16.4 Å². The van der Waals surface area contributed by atoms with Gasteiger partial charge in [0.15, 0.2) is 0 Å². The Morgan fingerprint density at radius 2 is 2.17 bits per heavy atom. The molecule has 96 valence electrons. The molecular formula is C12H14FN3O2. The summed E-state index contributed by atoms with van der Waals surface area (Å²) >= 11 is 0. The van der Waals surface area contributed by atoms with Crippen LogP contribution in [0.3, 0.4) is 0 Å². The number of nitrogens with one attached hydrogen (secondary N) is 2. The van der Waals surface area contributed by atoms with Gasteiger partial charge in [-0.25, -0.2) is 4.39 Å². The van der Waals surface area contributed by atoms with E-state index in [-0.39, 0.29) is 11.5 Å². The molecule has 18 heavy (non-hydrogen) atoms. The van der Waals surface area contributed by atoms with Crippen molar-refractivity contribution in [3.63, 3.8) is 0 Å². The third-order valence-corrected chi connectivity index (χ3v) is 2.86. The molecule has 1 aliphatic heterocycles. The number of amides is 2. The molecule has 2 rings (SSSR count). The van der Waals surface area contributed by atoms with Crippen LogP contribution in [0.25, 0.3) is 0 Å². The van der Waals surface area contributed by atoms with Crippen molar-refractivity contribution < 1.29 is 14.0 Å². The van der Waals surface area contributed by atoms with Crippen LogP contribution in [-0.4, -0.2) is 24.9 Å². The first-order valence-electron chi connectivity index (χ1n) is 5.66. The number of halogens is 1. The zero-order chi connectivity index (χ0) is 13.1. The average Bonchev–Trinajstić information content (AvgIpc) is 2.26. The Morgan fingerprint density at radius 3 is 2.72 bits per heavy atom. The number of benzene rings is 1. The number of carbonyl (C=O) groups excluding carboxylic acids is 2. The van der Waals surface area contributed by atoms with E-state index in [0.717, 1.165) is 19.2 Å². The van der Waals surface area contributed by atoms with Crippen LogP contribution in [0.4, 0.5) is 10.1 Å². The van der Waals surface area contributed by atoms with Crippen molar-refractivity contribution in [2.45, 2.75) is 6.42 Å². The van der Waals surface area contributed by atoms with Crippen molar-refractivity contribution in [1.29, 1.82) is 0 Å². The summed E-state index contributed by atoms with van der Waals surface area (Å²) in [6.45, 7) is 1.67. The average molecular weight is 251 g/mol. The van der Waals surface area contributed by atoms with Gasteiger partial charge in [0.05, 0.1) is 5.56 Å². The molecule has 0 unspecified atom stereocenters. The van der Waals surface area contributed by atoms with Crippen LogP contribution in [0.2, 0.25) is 0 Å². The number of anilines is 1. The number of hydrogen-bond acceptors (Lipinski definition) is 3. The second kappa shape index (κ2) is 5.14. The Balaban J connectivity index is 2.02. The fourth-order valence-electron chi connectivity index (χ4n) is 1.76. The SMILES string of the molecule is NC(=O)c1cc(NC(=O)CC2CNC2)ccc1F. The number of primary amides is 1. The largest absolute Gasteiger partial charge is 0.366 e. The Bertz CT molecular complexity index is 486. The minimum absolute atomic E-state index is 0.150. The lowest BCUT2D eigenvalue weighted by atomic mass is 9.99. The molecule has 1 aliphatic rings. The monoisotopic (exact) mass is 251 g/mol. The molecular weight excluding hydrogens is 237 g/mol. The highest BCUT2D eigenvalue weighted by Gasteiger charge is 2.20. The van der Waals surface area contributed by atoms with Gasteiger partial charge >= 0.3 is 0 Å². The van der Waals surface area contributed by atoms with Gasteiger partial charge in [-0.2, -0.15) is 0 Å². The van der Waals surface area contributed by atoms with Crippen molar-refractivity contribution in [3.05, 3.63) is 29.6 Å². The smallest absolute Gasteiger partial charge is 0.251 e. The van der Waals surface area contributed by atoms with Crippen molar-refractivity contribution in [1.82, 2.24) is 5.32 Å². The maximum Gasteiger partial charge on any atom is 0.251 e. The summed E-state index contributed by atoms with van der Waals surface area (Å²) in [4.78, 5) is 22.6. The highest BCUT2D eigenvalue weighted by atomic mass is 19.1. The van der Waals surface area contributed by atoms with Crippen LogP contribution in [0.1, 0.15) is 16.8 Å². The second-order valence-electron chi connectivity index (χ2n) is 4.34. The van der Waals surface area contributed by atoms with Gasteiger partial charge in [-0.3, -0.25) is 9.59 Å². The Hall–Kier alpha value is -1.95. The van der Waals surface area contributed by atoms with E-state index >= 15 is 0 Å². The van der Waals surface area contributed by atoms with Gasteiger partial charge in [-0.15, -0.1) is 0 Å². The molecule has 1 heterocycles. The predicted octanol–water partition coefficient (Wildman–Crippen LogP) is 0.473. The van der Waals surface area contributed by atoms with Gasteiger partial charge in [0.1, 0.15) is 5.82 Å². The topological polar surface area (TPSA) is 84.2 Å². The van der Waals surface area contributed by atoms with E-state index in [0.29, 0.717) is 18.0 Å². The van der Waals surface area contributed by atoms with Crippen LogP contribution < -0.4 is 16.4 Å². The normalized spacial score (nSPS) is 14.9. The zero-order valence-electron chi connectivity index (χ0n) is 9.70. The third-order valence-electron chi connectivity index (χ3n) is 2.86. The molecule has 1 aromatic rings. The molecule has 6 heteroatoms. The molecule has 1 saturated heterocycles. The maximum absolute atomic E-state index is 13.2. The van der Waals surface area contributed by atoms with E-state index in [9.17, 15) is 14.0 Å². The van der Waals surface area contributed by atoms with Gasteiger partial charge in [0, 0.05) is 12.1 Å². The summed E-state index contributed by atoms with van der Waals surface area (Å²) in [6, 6.07) is 3.76. The van der Waals surface area contributed by atoms with Crippen LogP contribution in [0, 0.1) is 11.7 Å². The van der Waals surface area contributed by atoms with E-state index in [1.807, 2.05) is 0 Å². The summed E-state index contributed by atoms with van der Waals surface area (Å²) in [5, 5.41) is 5.69. The lowest BCUT2D eigenvalue weighted by Gasteiger charge is -2.26. The van der Waals surface area contributed by atoms with Gasteiger partial charge in [-0.1, -0.05) is 0 Å². The molecule has 4 N–H and O–H groups in total. The summed E-state index contributed by atoms with van der Waals surface area (Å²) in [5.41, 5.74) is 5.18. The fourth-order valence-corrected chi connectivity index (χ4v) is 1.76. The van der Waals surface area contributed by atoms with Crippen LogP contribution in [-0.2, 0) is 4.79 Å². The first-order valence-corrected chi connectivity index (χ1v) is 5.66. The molecule has 5 nitrogen and oxygen atoms in total. The summed E-state index contributed by atoms with van der Waals surface area (Å²) in [7, 11) is 0. The molecule has 1 aromatic carbocycles. The molecule has 0 radical (unpaired) electrons. The van der Waals surface area contributed by atoms with Crippen molar-refractivity contribution >= 4 is 17.5 Å². The number of rotatable bonds is 4. The summed E-state index contributed by atoms with van der Waals surface area (Å²) in [6.07, 6.45) is 0.413. The first kappa shape index (κ1) is 12.5. The number of hydrogen-bond donors (Lipinski definition) is 3. The molecule has 1 fully saturated rings. The molecule has 0 saturated carbocycles. The Morgan fingerprint density at radius 1 is 1.44 bits per heavy atom. The standard InChI is InChI=1S/C12H14FN3O2/c13-10-2-1-8(4-9(10)12(14)18)16-11(17)3-7-5-15-6-7/h1-2,4,7,15H,3,5-6H2,(H2,14,18)(H,16,17). The van der Waals surface area contributed by atoms with Gasteiger partial charge in [0.25, 0.3) is 5.91 Å². The number of carbonyl (C=O) groups is 2. The first-order chi connectivity index (χ1) is 8.56. The predicted molar refractivity (Wildman–Crippen MR) is 64.5 cm³/mol. The highest BCUT2D eigenvalue weighted by molar-refractivity contribution is 5.96. The molecule has 2 amide bonds. The quantitative estimate of drug-likeness (QED) is 0.727. The van der Waals surface area contributed by atoms with E-state index in [1.165, 1.54) is 12.1 Å². The fraction of sp³-hybridized carbons (Fsp3) is 0.333. The molecule has 0 bridgehead atoms. The lowest BCUT2D eigenvalue weighted by Crippen LogP contribution is -2.43. The molecule has 0 spiro atoms. The summed E-state index contributed by atoms with van der Waals surface area (Å²) < 4.78 is 13.2. The van der Waals surface area contributed by atoms with Crippen molar-refractivity contribution in [3.8, 4) is 0 Å². The van der Waals surface area contributed by atoms with Crippen LogP contribution in [0.5, 0.6) is 0 Å². The van der Waals surface area contributed by atoms with Crippen molar-refractivity contribution in [2.75, 3.05) is 18.4 Å². The van der Waals surface area contributed by atoms with Gasteiger partial charge in [0.2, 0.25) is 5.91 Å². The van der Waals surface area contributed by atoms with Gasteiger partial charge in [-0.05, 0) is 37.2 Å². The number of nitrogens with two attached hydrogens (primary N) is 1. The zero-order valence-corrected chi connectivity index (χ0v) is 9.70. The molecule has 0 atom stereocenters. The molecule has 0 aliphatic carbocycles. The Labute approximate surface area is 104 Å². The molecule has 0 aromatic heterocycles. The lowest BCUT2D eigenvalue weighted by molar-refractivity contribution is -0.117. The van der Waals surface area contributed by atoms with E-state index in [1.54, 1.807) is 0 Å². The highest BCUT2D eigenvalue weighted by Crippen LogP contribution is 2.16. The van der Waals surface area contributed by atoms with E-state index < -0.39 is 11.7 Å².